The summed E-state index contributed by atoms with van der Waals surface area (Å²) in [5, 5.41) is 21.6. The Kier molecular flexibility index (Phi) is 6.34. The number of carbonyl (C=O) groups is 2. The normalized spacial score (nSPS) is 55.2. The molecule has 4 saturated carbocycles. The number of rotatable bonds is 1. The lowest BCUT2D eigenvalue weighted by Gasteiger charge is -2.72. The summed E-state index contributed by atoms with van der Waals surface area (Å²) in [5.41, 5.74) is -0.532. The van der Waals surface area contributed by atoms with Crippen LogP contribution in [-0.4, -0.2) is 38.7 Å². The number of Topliss-reactive ketones (excluding diaryl/α,β-unsaturated/α-hetero) is 2. The van der Waals surface area contributed by atoms with E-state index in [0.717, 1.165) is 44.9 Å². The number of carbonyl (C=O) groups excluding carboxylic acids is 2. The van der Waals surface area contributed by atoms with Gasteiger partial charge in [-0.05, 0) is 91.9 Å². The van der Waals surface area contributed by atoms with E-state index in [0.29, 0.717) is 12.2 Å². The number of halogens is 3. The minimum atomic E-state index is -0.662. The van der Waals surface area contributed by atoms with Gasteiger partial charge in [-0.3, -0.25) is 9.59 Å². The van der Waals surface area contributed by atoms with Gasteiger partial charge in [0.1, 0.15) is 0 Å². The molecular weight excluding hydrogens is 781 g/mol. The molecule has 8 unspecified atom stereocenters. The number of alkyl halides is 3. The Morgan fingerprint density at radius 1 is 0.914 bits per heavy atom. The summed E-state index contributed by atoms with van der Waals surface area (Å²) in [6.07, 6.45) is 9.21. The smallest absolute Gasteiger partial charge is 0.212 e. The Hall–Kier alpha value is 1.03. The molecule has 4 fully saturated rings. The van der Waals surface area contributed by atoms with Crippen LogP contribution < -0.4 is 0 Å². The number of hydrogen-bond donors (Lipinski definition) is 2. The molecule has 0 aromatic carbocycles. The van der Waals surface area contributed by atoms with E-state index in [-0.39, 0.29) is 55.6 Å². The Labute approximate surface area is 251 Å². The van der Waals surface area contributed by atoms with Gasteiger partial charge in [0.15, 0.2) is 11.5 Å². The van der Waals surface area contributed by atoms with Crippen LogP contribution in [-0.2, 0) is 9.59 Å². The molecule has 0 saturated heterocycles. The number of fused-ring (bicyclic) bond motifs is 7. The van der Waals surface area contributed by atoms with Crippen LogP contribution in [0.25, 0.3) is 0 Å². The summed E-state index contributed by atoms with van der Waals surface area (Å²) < 4.78 is -1.48. The van der Waals surface area contributed by atoms with Gasteiger partial charge in [0.2, 0.25) is 5.78 Å². The predicted octanol–water partition coefficient (Wildman–Crippen LogP) is 7.16. The average molecular weight is 820 g/mol. The maximum Gasteiger partial charge on any atom is 0.212 e. The van der Waals surface area contributed by atoms with Gasteiger partial charge < -0.3 is 10.2 Å². The molecule has 0 bridgehead atoms. The third-order valence-corrected chi connectivity index (χ3v) is 18.7. The molecule has 5 rings (SSSR count). The van der Waals surface area contributed by atoms with Crippen LogP contribution in [0.4, 0.5) is 0 Å². The summed E-state index contributed by atoms with van der Waals surface area (Å²) in [6.45, 7) is 11.4. The van der Waals surface area contributed by atoms with Crippen molar-refractivity contribution < 1.29 is 19.8 Å². The second-order valence-electron chi connectivity index (χ2n) is 14.0. The zero-order chi connectivity index (χ0) is 26.0. The minimum absolute atomic E-state index is 0.0639. The highest BCUT2D eigenvalue weighted by Crippen LogP contribution is 2.77. The van der Waals surface area contributed by atoms with E-state index < -0.39 is 12.3 Å². The van der Waals surface area contributed by atoms with E-state index in [1.165, 1.54) is 0 Å². The van der Waals surface area contributed by atoms with Crippen molar-refractivity contribution in [2.45, 2.75) is 96.3 Å². The number of allylic oxidation sites excluding steroid dienone is 2. The largest absolute Gasteiger partial charge is 0.505 e. The van der Waals surface area contributed by atoms with Crippen molar-refractivity contribution in [3.05, 3.63) is 11.8 Å². The first-order chi connectivity index (χ1) is 16.0. The summed E-state index contributed by atoms with van der Waals surface area (Å²) in [4.78, 5) is 27.5. The van der Waals surface area contributed by atoms with Gasteiger partial charge in [0, 0.05) is 11.8 Å². The second-order valence-corrected chi connectivity index (χ2v) is 19.7. The lowest BCUT2D eigenvalue weighted by molar-refractivity contribution is -0.169. The molecule has 0 heterocycles. The average Bonchev–Trinajstić information content (AvgIpc) is 2.74. The molecule has 0 aromatic rings. The fourth-order valence-corrected chi connectivity index (χ4v) is 15.5. The van der Waals surface area contributed by atoms with Crippen LogP contribution in [0, 0.1) is 39.4 Å². The van der Waals surface area contributed by atoms with Crippen LogP contribution in [0.5, 0.6) is 0 Å². The first kappa shape index (κ1) is 27.6. The Balaban J connectivity index is 1.66. The molecule has 0 spiro atoms. The molecular formula is C28H39I3O4. The van der Waals surface area contributed by atoms with Crippen LogP contribution in [0.1, 0.15) is 86.0 Å². The monoisotopic (exact) mass is 820 g/mol. The highest BCUT2D eigenvalue weighted by atomic mass is 127. The summed E-state index contributed by atoms with van der Waals surface area (Å²) in [6, 6.07) is 0. The lowest BCUT2D eigenvalue weighted by atomic mass is 9.36. The molecule has 4 nitrogen and oxygen atoms in total. The third-order valence-electron chi connectivity index (χ3n) is 11.8. The van der Waals surface area contributed by atoms with Gasteiger partial charge in [-0.1, -0.05) is 95.5 Å². The molecule has 2 N–H and O–H groups in total. The second kappa shape index (κ2) is 8.04. The SMILES string of the molecule is CC1(C)CC[C@]2(CO)CCC3C4(C)CCC5C(C)(I)C(=O)C(O)=CC5(C)C4CC(=O)C3(I)C2(I)C1. The first-order valence-corrected chi connectivity index (χ1v) is 16.4. The highest BCUT2D eigenvalue weighted by molar-refractivity contribution is 14.1. The summed E-state index contributed by atoms with van der Waals surface area (Å²) in [7, 11) is 0. The number of ketones is 2. The molecule has 5 aliphatic carbocycles. The van der Waals surface area contributed by atoms with Crippen LogP contribution in [0.2, 0.25) is 0 Å². The van der Waals surface area contributed by atoms with Crippen LogP contribution in [0.15, 0.2) is 11.8 Å². The van der Waals surface area contributed by atoms with Crippen LogP contribution >= 0.6 is 67.8 Å². The topological polar surface area (TPSA) is 74.6 Å². The van der Waals surface area contributed by atoms with E-state index in [2.05, 4.69) is 95.5 Å². The van der Waals surface area contributed by atoms with Gasteiger partial charge >= 0.3 is 0 Å². The molecule has 7 heteroatoms. The maximum absolute atomic E-state index is 14.6. The van der Waals surface area contributed by atoms with E-state index in [4.69, 9.17) is 0 Å². The molecule has 5 aliphatic rings. The van der Waals surface area contributed by atoms with Crippen molar-refractivity contribution in [2.75, 3.05) is 6.61 Å². The quantitative estimate of drug-likeness (QED) is 0.218. The molecule has 196 valence electrons. The van der Waals surface area contributed by atoms with E-state index in [9.17, 15) is 19.8 Å². The fourth-order valence-electron chi connectivity index (χ4n) is 9.85. The maximum atomic E-state index is 14.6. The number of aliphatic hydroxyl groups excluding tert-OH is 2. The van der Waals surface area contributed by atoms with Crippen molar-refractivity contribution in [3.8, 4) is 0 Å². The van der Waals surface area contributed by atoms with Gasteiger partial charge in [0.05, 0.1) is 16.9 Å². The van der Waals surface area contributed by atoms with Gasteiger partial charge in [-0.2, -0.15) is 0 Å². The zero-order valence-corrected chi connectivity index (χ0v) is 28.0. The molecule has 35 heavy (non-hydrogen) atoms. The van der Waals surface area contributed by atoms with E-state index in [1.807, 2.05) is 13.0 Å². The van der Waals surface area contributed by atoms with Gasteiger partial charge in [0.25, 0.3) is 0 Å². The van der Waals surface area contributed by atoms with Crippen molar-refractivity contribution in [1.29, 1.82) is 0 Å². The third kappa shape index (κ3) is 3.27. The van der Waals surface area contributed by atoms with Crippen molar-refractivity contribution in [3.63, 3.8) is 0 Å². The van der Waals surface area contributed by atoms with Crippen molar-refractivity contribution >= 4 is 79.3 Å². The van der Waals surface area contributed by atoms with Crippen LogP contribution in [0.3, 0.4) is 0 Å². The lowest BCUT2D eigenvalue weighted by Crippen LogP contribution is -2.76. The minimum Gasteiger partial charge on any atom is -0.505 e. The molecule has 0 aliphatic heterocycles. The Morgan fingerprint density at radius 3 is 2.17 bits per heavy atom. The highest BCUT2D eigenvalue weighted by Gasteiger charge is 2.77. The molecule has 0 amide bonds. The molecule has 0 aromatic heterocycles. The fraction of sp³-hybridized carbons (Fsp3) is 0.857. The predicted molar refractivity (Wildman–Crippen MR) is 164 cm³/mol. The van der Waals surface area contributed by atoms with Crippen molar-refractivity contribution in [2.24, 2.45) is 39.4 Å². The van der Waals surface area contributed by atoms with Gasteiger partial charge in [-0.15, -0.1) is 0 Å². The zero-order valence-electron chi connectivity index (χ0n) is 21.5. The Bertz CT molecular complexity index is 1020. The first-order valence-electron chi connectivity index (χ1n) is 13.1. The molecule has 0 radical (unpaired) electrons. The Morgan fingerprint density at radius 2 is 1.54 bits per heavy atom. The number of aliphatic hydroxyl groups is 2. The van der Waals surface area contributed by atoms with E-state index in [1.54, 1.807) is 0 Å². The van der Waals surface area contributed by atoms with Gasteiger partial charge in [-0.25, -0.2) is 0 Å². The van der Waals surface area contributed by atoms with E-state index >= 15 is 0 Å². The standard InChI is InChI=1S/C28H39I3O4/c1-22(2)10-11-26(15-32)9-7-18-23(3)8-6-17-24(4,13-16(33)21(35)25(17,5)29)19(23)12-20(34)28(18,31)27(26,30)14-22/h13,17-19,32-33H,6-12,14-15H2,1-5H3/t17?,18?,19?,23?,24?,25?,26-,27?,28?/m0/s1. The molecule has 9 atom stereocenters. The number of hydrogen-bond acceptors (Lipinski definition) is 4. The summed E-state index contributed by atoms with van der Waals surface area (Å²) >= 11 is 7.48. The van der Waals surface area contributed by atoms with Crippen molar-refractivity contribution in [1.82, 2.24) is 0 Å². The summed E-state index contributed by atoms with van der Waals surface area (Å²) in [5.74, 6) is 0.461.